The Hall–Kier alpha value is -2.41. The first-order valence-electron chi connectivity index (χ1n) is 8.11. The third-order valence-electron chi connectivity index (χ3n) is 3.63. The zero-order valence-corrected chi connectivity index (χ0v) is 14.7. The van der Waals surface area contributed by atoms with Crippen LogP contribution in [0.3, 0.4) is 0 Å². The van der Waals surface area contributed by atoms with Crippen molar-refractivity contribution in [3.8, 4) is 17.2 Å². The van der Waals surface area contributed by atoms with Crippen molar-refractivity contribution >= 4 is 0 Å². The molecule has 26 heavy (non-hydrogen) atoms. The fraction of sp³-hybridized carbons (Fsp3) is 0.368. The molecule has 2 aromatic rings. The molecule has 0 saturated carbocycles. The number of methoxy groups -OCH3 is 2. The van der Waals surface area contributed by atoms with E-state index in [0.29, 0.717) is 13.1 Å². The summed E-state index contributed by atoms with van der Waals surface area (Å²) in [6.07, 6.45) is -3.58. The molecule has 2 rings (SSSR count). The van der Waals surface area contributed by atoms with Gasteiger partial charge in [0.05, 0.1) is 14.2 Å². The molecular formula is C19H22F3NO3. The third kappa shape index (κ3) is 6.84. The smallest absolute Gasteiger partial charge is 0.422 e. The lowest BCUT2D eigenvalue weighted by molar-refractivity contribution is -0.153. The normalized spacial score (nSPS) is 11.3. The molecule has 0 aliphatic carbocycles. The van der Waals surface area contributed by atoms with Crippen molar-refractivity contribution < 1.29 is 27.4 Å². The first kappa shape index (κ1) is 19.9. The molecule has 0 amide bonds. The molecule has 0 fully saturated rings. The van der Waals surface area contributed by atoms with Crippen molar-refractivity contribution in [1.82, 2.24) is 5.32 Å². The topological polar surface area (TPSA) is 39.7 Å². The van der Waals surface area contributed by atoms with E-state index in [1.807, 2.05) is 24.3 Å². The molecule has 2 aromatic carbocycles. The van der Waals surface area contributed by atoms with E-state index >= 15 is 0 Å². The van der Waals surface area contributed by atoms with Crippen molar-refractivity contribution in [3.05, 3.63) is 53.6 Å². The molecule has 1 N–H and O–H groups in total. The standard InChI is InChI=1S/C19H22F3NO3/c1-24-17-8-14(9-18(11-17)25-2)6-7-23-12-15-4-3-5-16(10-15)26-13-19(20,21)22/h3-5,8-11,23H,6-7,12-13H2,1-2H3. The predicted octanol–water partition coefficient (Wildman–Crippen LogP) is 3.98. The molecule has 0 aliphatic rings. The van der Waals surface area contributed by atoms with Gasteiger partial charge in [0.15, 0.2) is 6.61 Å². The van der Waals surface area contributed by atoms with Crippen LogP contribution < -0.4 is 19.5 Å². The van der Waals surface area contributed by atoms with Crippen molar-refractivity contribution in [2.75, 3.05) is 27.4 Å². The van der Waals surface area contributed by atoms with Gasteiger partial charge in [-0.2, -0.15) is 13.2 Å². The largest absolute Gasteiger partial charge is 0.497 e. The molecule has 0 spiro atoms. The van der Waals surface area contributed by atoms with Gasteiger partial charge < -0.3 is 19.5 Å². The highest BCUT2D eigenvalue weighted by molar-refractivity contribution is 5.38. The van der Waals surface area contributed by atoms with Gasteiger partial charge in [-0.1, -0.05) is 12.1 Å². The molecular weight excluding hydrogens is 347 g/mol. The summed E-state index contributed by atoms with van der Waals surface area (Å²) in [5, 5.41) is 3.27. The molecule has 0 atom stereocenters. The number of ether oxygens (including phenoxy) is 3. The van der Waals surface area contributed by atoms with Crippen molar-refractivity contribution in [3.63, 3.8) is 0 Å². The molecule has 0 heterocycles. The lowest BCUT2D eigenvalue weighted by Crippen LogP contribution is -2.19. The lowest BCUT2D eigenvalue weighted by Gasteiger charge is -2.11. The van der Waals surface area contributed by atoms with Crippen LogP contribution >= 0.6 is 0 Å². The van der Waals surface area contributed by atoms with Crippen LogP contribution in [0.5, 0.6) is 17.2 Å². The average Bonchev–Trinajstić information content (AvgIpc) is 2.63. The summed E-state index contributed by atoms with van der Waals surface area (Å²) in [5.41, 5.74) is 1.92. The SMILES string of the molecule is COc1cc(CCNCc2cccc(OCC(F)(F)F)c2)cc(OC)c1. The van der Waals surface area contributed by atoms with Gasteiger partial charge in [-0.15, -0.1) is 0 Å². The summed E-state index contributed by atoms with van der Waals surface area (Å²) in [4.78, 5) is 0. The van der Waals surface area contributed by atoms with Crippen LogP contribution in [0.4, 0.5) is 13.2 Å². The van der Waals surface area contributed by atoms with Gasteiger partial charge in [-0.05, 0) is 48.4 Å². The minimum absolute atomic E-state index is 0.208. The van der Waals surface area contributed by atoms with Crippen LogP contribution in [0.15, 0.2) is 42.5 Å². The summed E-state index contributed by atoms with van der Waals surface area (Å²) in [6.45, 7) is -0.0597. The van der Waals surface area contributed by atoms with Gasteiger partial charge >= 0.3 is 6.18 Å². The summed E-state index contributed by atoms with van der Waals surface area (Å²) >= 11 is 0. The fourth-order valence-electron chi connectivity index (χ4n) is 2.39. The highest BCUT2D eigenvalue weighted by Crippen LogP contribution is 2.23. The second-order valence-corrected chi connectivity index (χ2v) is 5.70. The Bertz CT molecular complexity index is 682. The van der Waals surface area contributed by atoms with Gasteiger partial charge in [0.1, 0.15) is 17.2 Å². The Balaban J connectivity index is 1.83. The number of halogens is 3. The number of benzene rings is 2. The summed E-state index contributed by atoms with van der Waals surface area (Å²) in [5.74, 6) is 1.67. The monoisotopic (exact) mass is 369 g/mol. The fourth-order valence-corrected chi connectivity index (χ4v) is 2.39. The van der Waals surface area contributed by atoms with E-state index in [4.69, 9.17) is 14.2 Å². The van der Waals surface area contributed by atoms with Gasteiger partial charge in [0.25, 0.3) is 0 Å². The van der Waals surface area contributed by atoms with Gasteiger partial charge in [-0.3, -0.25) is 0 Å². The first-order chi connectivity index (χ1) is 12.4. The number of hydrogen-bond acceptors (Lipinski definition) is 4. The Labute approximate surface area is 150 Å². The Morgan fingerprint density at radius 3 is 2.15 bits per heavy atom. The zero-order chi connectivity index (χ0) is 19.0. The summed E-state index contributed by atoms with van der Waals surface area (Å²) < 4.78 is 51.8. The molecule has 0 unspecified atom stereocenters. The van der Waals surface area contributed by atoms with Crippen molar-refractivity contribution in [2.24, 2.45) is 0 Å². The molecule has 4 nitrogen and oxygen atoms in total. The van der Waals surface area contributed by atoms with Crippen LogP contribution in [0.1, 0.15) is 11.1 Å². The van der Waals surface area contributed by atoms with Gasteiger partial charge in [-0.25, -0.2) is 0 Å². The van der Waals surface area contributed by atoms with E-state index < -0.39 is 12.8 Å². The molecule has 142 valence electrons. The lowest BCUT2D eigenvalue weighted by atomic mass is 10.1. The van der Waals surface area contributed by atoms with E-state index in [9.17, 15) is 13.2 Å². The minimum Gasteiger partial charge on any atom is -0.497 e. The number of hydrogen-bond donors (Lipinski definition) is 1. The Kier molecular flexibility index (Phi) is 7.15. The van der Waals surface area contributed by atoms with Crippen molar-refractivity contribution in [2.45, 2.75) is 19.1 Å². The summed E-state index contributed by atoms with van der Waals surface area (Å²) in [7, 11) is 3.20. The number of alkyl halides is 3. The highest BCUT2D eigenvalue weighted by atomic mass is 19.4. The maximum atomic E-state index is 12.2. The van der Waals surface area contributed by atoms with Crippen LogP contribution in [-0.2, 0) is 13.0 Å². The van der Waals surface area contributed by atoms with E-state index in [1.54, 1.807) is 26.4 Å². The van der Waals surface area contributed by atoms with Gasteiger partial charge in [0, 0.05) is 12.6 Å². The summed E-state index contributed by atoms with van der Waals surface area (Å²) in [6, 6.07) is 12.3. The molecule has 0 saturated heterocycles. The minimum atomic E-state index is -4.34. The van der Waals surface area contributed by atoms with Crippen LogP contribution in [0.25, 0.3) is 0 Å². The van der Waals surface area contributed by atoms with Crippen LogP contribution in [0, 0.1) is 0 Å². The predicted molar refractivity (Wildman–Crippen MR) is 92.9 cm³/mol. The number of rotatable bonds is 9. The molecule has 7 heteroatoms. The van der Waals surface area contributed by atoms with Crippen LogP contribution in [0.2, 0.25) is 0 Å². The van der Waals surface area contributed by atoms with E-state index in [1.165, 1.54) is 6.07 Å². The Morgan fingerprint density at radius 2 is 1.54 bits per heavy atom. The quantitative estimate of drug-likeness (QED) is 0.679. The first-order valence-corrected chi connectivity index (χ1v) is 8.11. The van der Waals surface area contributed by atoms with E-state index in [-0.39, 0.29) is 5.75 Å². The zero-order valence-electron chi connectivity index (χ0n) is 14.7. The number of nitrogens with one attached hydrogen (secondary N) is 1. The van der Waals surface area contributed by atoms with E-state index in [0.717, 1.165) is 29.0 Å². The molecule has 0 aliphatic heterocycles. The van der Waals surface area contributed by atoms with Gasteiger partial charge in [0.2, 0.25) is 0 Å². The molecule has 0 radical (unpaired) electrons. The average molecular weight is 369 g/mol. The second kappa shape index (κ2) is 9.33. The highest BCUT2D eigenvalue weighted by Gasteiger charge is 2.28. The second-order valence-electron chi connectivity index (χ2n) is 5.70. The van der Waals surface area contributed by atoms with Crippen LogP contribution in [-0.4, -0.2) is 33.5 Å². The molecule has 0 bridgehead atoms. The maximum Gasteiger partial charge on any atom is 0.422 e. The Morgan fingerprint density at radius 1 is 0.885 bits per heavy atom. The van der Waals surface area contributed by atoms with E-state index in [2.05, 4.69) is 5.32 Å². The maximum absolute atomic E-state index is 12.2. The third-order valence-corrected chi connectivity index (χ3v) is 3.63. The van der Waals surface area contributed by atoms with Crippen molar-refractivity contribution in [1.29, 1.82) is 0 Å². The molecule has 0 aromatic heterocycles.